The number of aromatic nitrogens is 1. The molecule has 0 unspecified atom stereocenters. The van der Waals surface area contributed by atoms with Crippen LogP contribution in [-0.2, 0) is 11.2 Å². The molecular formula is C30H27Cl2N3O2S. The lowest BCUT2D eigenvalue weighted by Gasteiger charge is -2.41. The molecule has 5 nitrogen and oxygen atoms in total. The Morgan fingerprint density at radius 2 is 1.74 bits per heavy atom. The number of piperazine rings is 1. The second-order valence-corrected chi connectivity index (χ2v) is 11.4. The first-order chi connectivity index (χ1) is 18.5. The quantitative estimate of drug-likeness (QED) is 0.243. The molecule has 0 radical (unpaired) electrons. The third-order valence-corrected chi connectivity index (χ3v) is 8.99. The molecule has 0 saturated carbocycles. The van der Waals surface area contributed by atoms with Gasteiger partial charge in [0.1, 0.15) is 0 Å². The van der Waals surface area contributed by atoms with Gasteiger partial charge in [-0.1, -0.05) is 71.4 Å². The van der Waals surface area contributed by atoms with Crippen molar-refractivity contribution in [1.82, 2.24) is 9.88 Å². The second kappa shape index (κ2) is 10.8. The van der Waals surface area contributed by atoms with Crippen molar-refractivity contribution < 1.29 is 9.53 Å². The van der Waals surface area contributed by atoms with E-state index in [0.29, 0.717) is 21.6 Å². The van der Waals surface area contributed by atoms with Crippen LogP contribution in [0.2, 0.25) is 10.0 Å². The fourth-order valence-electron chi connectivity index (χ4n) is 5.48. The molecule has 0 N–H and O–H groups in total. The van der Waals surface area contributed by atoms with Gasteiger partial charge >= 0.3 is 5.97 Å². The average molecular weight is 565 g/mol. The number of halogens is 2. The minimum atomic E-state index is -0.448. The highest BCUT2D eigenvalue weighted by Crippen LogP contribution is 2.43. The predicted octanol–water partition coefficient (Wildman–Crippen LogP) is 7.29. The van der Waals surface area contributed by atoms with E-state index in [4.69, 9.17) is 27.9 Å². The Hall–Kier alpha value is -2.77. The zero-order valence-electron chi connectivity index (χ0n) is 21.0. The number of fused-ring (bicyclic) bond motifs is 3. The first kappa shape index (κ1) is 25.5. The van der Waals surface area contributed by atoms with Gasteiger partial charge in [0, 0.05) is 52.4 Å². The number of anilines is 1. The molecule has 1 fully saturated rings. The third kappa shape index (κ3) is 4.87. The number of esters is 1. The van der Waals surface area contributed by atoms with Crippen LogP contribution in [0.5, 0.6) is 0 Å². The van der Waals surface area contributed by atoms with E-state index >= 15 is 0 Å². The van der Waals surface area contributed by atoms with E-state index in [1.807, 2.05) is 17.8 Å². The molecule has 38 heavy (non-hydrogen) atoms. The van der Waals surface area contributed by atoms with Gasteiger partial charge in [0.05, 0.1) is 22.8 Å². The van der Waals surface area contributed by atoms with Gasteiger partial charge in [-0.2, -0.15) is 0 Å². The number of hydrogen-bond acceptors (Lipinski definition) is 6. The number of benzene rings is 3. The lowest BCUT2D eigenvalue weighted by atomic mass is 9.96. The molecule has 6 rings (SSSR count). The molecule has 0 aliphatic carbocycles. The predicted molar refractivity (Wildman–Crippen MR) is 155 cm³/mol. The Balaban J connectivity index is 1.32. The summed E-state index contributed by atoms with van der Waals surface area (Å²) in [6.07, 6.45) is 0.982. The SMILES string of the molecule is CCOC(=O)c1cc(N2CCN([C@@H]3Cc4ccccc4Sc4ccccc43)CC2)c2c(Cl)cc(Cl)cc2n1. The van der Waals surface area contributed by atoms with Gasteiger partial charge in [0.15, 0.2) is 5.69 Å². The van der Waals surface area contributed by atoms with Crippen molar-refractivity contribution in [2.75, 3.05) is 37.7 Å². The summed E-state index contributed by atoms with van der Waals surface area (Å²) in [4.78, 5) is 24.7. The maximum atomic E-state index is 12.6. The second-order valence-electron chi connectivity index (χ2n) is 9.52. The minimum absolute atomic E-state index is 0.265. The Kier molecular flexibility index (Phi) is 7.23. The van der Waals surface area contributed by atoms with Gasteiger partial charge in [-0.3, -0.25) is 4.90 Å². The maximum absolute atomic E-state index is 12.6. The first-order valence-electron chi connectivity index (χ1n) is 12.8. The van der Waals surface area contributed by atoms with Crippen molar-refractivity contribution in [3.63, 3.8) is 0 Å². The Bertz CT molecular complexity index is 1520. The smallest absolute Gasteiger partial charge is 0.357 e. The van der Waals surface area contributed by atoms with Crippen LogP contribution in [0, 0.1) is 0 Å². The number of ether oxygens (including phenoxy) is 1. The Labute approximate surface area is 236 Å². The highest BCUT2D eigenvalue weighted by Gasteiger charge is 2.31. The Morgan fingerprint density at radius 3 is 2.53 bits per heavy atom. The summed E-state index contributed by atoms with van der Waals surface area (Å²) in [5.74, 6) is -0.448. The molecule has 2 aliphatic rings. The van der Waals surface area contributed by atoms with E-state index in [2.05, 4.69) is 63.3 Å². The summed E-state index contributed by atoms with van der Waals surface area (Å²) in [7, 11) is 0. The number of carbonyl (C=O) groups excluding carboxylic acids is 1. The van der Waals surface area contributed by atoms with Crippen LogP contribution < -0.4 is 4.90 Å². The molecule has 1 atom stereocenters. The topological polar surface area (TPSA) is 45.7 Å². The van der Waals surface area contributed by atoms with Crippen LogP contribution in [-0.4, -0.2) is 48.6 Å². The molecule has 1 saturated heterocycles. The molecule has 8 heteroatoms. The minimum Gasteiger partial charge on any atom is -0.461 e. The van der Waals surface area contributed by atoms with Gasteiger partial charge in [-0.15, -0.1) is 0 Å². The van der Waals surface area contributed by atoms with Gasteiger partial charge in [-0.25, -0.2) is 9.78 Å². The van der Waals surface area contributed by atoms with Crippen LogP contribution in [0.1, 0.15) is 34.6 Å². The van der Waals surface area contributed by atoms with Gasteiger partial charge < -0.3 is 9.64 Å². The molecule has 0 bridgehead atoms. The number of rotatable bonds is 4. The molecule has 0 amide bonds. The largest absolute Gasteiger partial charge is 0.461 e. The van der Waals surface area contributed by atoms with Crippen LogP contribution in [0.15, 0.2) is 76.5 Å². The van der Waals surface area contributed by atoms with Gasteiger partial charge in [-0.05, 0) is 54.8 Å². The van der Waals surface area contributed by atoms with Crippen molar-refractivity contribution in [3.05, 3.63) is 93.6 Å². The number of nitrogens with zero attached hydrogens (tertiary/aromatic N) is 3. The molecule has 3 aromatic carbocycles. The molecule has 4 aromatic rings. The van der Waals surface area contributed by atoms with E-state index < -0.39 is 5.97 Å². The highest BCUT2D eigenvalue weighted by atomic mass is 35.5. The van der Waals surface area contributed by atoms with Gasteiger partial charge in [0.25, 0.3) is 0 Å². The normalized spacial score (nSPS) is 17.6. The molecule has 2 aliphatic heterocycles. The number of carbonyl (C=O) groups is 1. The summed E-state index contributed by atoms with van der Waals surface area (Å²) in [5, 5.41) is 1.82. The summed E-state index contributed by atoms with van der Waals surface area (Å²) in [6.45, 7) is 5.44. The lowest BCUT2D eigenvalue weighted by Crippen LogP contribution is -2.48. The summed E-state index contributed by atoms with van der Waals surface area (Å²) < 4.78 is 5.25. The summed E-state index contributed by atoms with van der Waals surface area (Å²) in [6, 6.07) is 23.1. The lowest BCUT2D eigenvalue weighted by molar-refractivity contribution is 0.0520. The Morgan fingerprint density at radius 1 is 1.00 bits per heavy atom. The number of hydrogen-bond donors (Lipinski definition) is 0. The zero-order chi connectivity index (χ0) is 26.2. The summed E-state index contributed by atoms with van der Waals surface area (Å²) in [5.41, 5.74) is 4.53. The monoisotopic (exact) mass is 563 g/mol. The molecule has 0 spiro atoms. The number of pyridine rings is 1. The molecule has 3 heterocycles. The highest BCUT2D eigenvalue weighted by molar-refractivity contribution is 7.99. The van der Waals surface area contributed by atoms with E-state index in [0.717, 1.165) is 43.7 Å². The third-order valence-electron chi connectivity index (χ3n) is 7.27. The maximum Gasteiger partial charge on any atom is 0.357 e. The van der Waals surface area contributed by atoms with Crippen molar-refractivity contribution in [2.45, 2.75) is 29.2 Å². The van der Waals surface area contributed by atoms with Crippen LogP contribution in [0.3, 0.4) is 0 Å². The van der Waals surface area contributed by atoms with Crippen LogP contribution in [0.25, 0.3) is 10.9 Å². The first-order valence-corrected chi connectivity index (χ1v) is 14.4. The zero-order valence-corrected chi connectivity index (χ0v) is 23.3. The standard InChI is InChI=1S/C30H27Cl2N3O2S/c1-2-37-30(36)24-18-26(29-22(32)16-20(31)17-23(29)33-24)35-13-11-34(12-14-35)25-15-19-7-3-5-9-27(19)38-28-10-6-4-8-21(25)28/h3-10,16-18,25H,2,11-15H2,1H3/t25-/m1/s1. The van der Waals surface area contributed by atoms with E-state index in [-0.39, 0.29) is 12.3 Å². The van der Waals surface area contributed by atoms with Crippen molar-refractivity contribution >= 4 is 57.5 Å². The fraction of sp³-hybridized carbons (Fsp3) is 0.267. The average Bonchev–Trinajstić information content (AvgIpc) is 3.09. The molecule has 1 aromatic heterocycles. The van der Waals surface area contributed by atoms with Crippen molar-refractivity contribution in [2.24, 2.45) is 0 Å². The van der Waals surface area contributed by atoms with E-state index in [1.54, 1.807) is 19.1 Å². The van der Waals surface area contributed by atoms with E-state index in [1.165, 1.54) is 20.9 Å². The van der Waals surface area contributed by atoms with Gasteiger partial charge in [0.2, 0.25) is 0 Å². The van der Waals surface area contributed by atoms with Crippen LogP contribution >= 0.6 is 35.0 Å². The van der Waals surface area contributed by atoms with Crippen molar-refractivity contribution in [1.29, 1.82) is 0 Å². The molecule has 194 valence electrons. The fourth-order valence-corrected chi connectivity index (χ4v) is 7.20. The summed E-state index contributed by atoms with van der Waals surface area (Å²) >= 11 is 14.8. The molecular weight excluding hydrogens is 537 g/mol. The van der Waals surface area contributed by atoms with E-state index in [9.17, 15) is 4.79 Å². The van der Waals surface area contributed by atoms with Crippen molar-refractivity contribution in [3.8, 4) is 0 Å². The van der Waals surface area contributed by atoms with Crippen LogP contribution in [0.4, 0.5) is 5.69 Å².